The highest BCUT2D eigenvalue weighted by Gasteiger charge is 2.31. The van der Waals surface area contributed by atoms with Crippen LogP contribution in [0.3, 0.4) is 0 Å². The normalized spacial score (nSPS) is 12.2. The first-order chi connectivity index (χ1) is 13.2. The molecule has 1 amide bonds. The number of carbonyl (C=O) groups is 1. The average molecular weight is 427 g/mol. The van der Waals surface area contributed by atoms with Crippen molar-refractivity contribution in [2.75, 3.05) is 30.1 Å². The molecule has 0 aliphatic carbocycles. The molecule has 0 aromatic heterocycles. The second-order valence-corrected chi connectivity index (χ2v) is 8.31. The molecule has 0 aliphatic heterocycles. The summed E-state index contributed by atoms with van der Waals surface area (Å²) in [6.07, 6.45) is 1.34. The second kappa shape index (κ2) is 9.16. The van der Waals surface area contributed by atoms with Crippen molar-refractivity contribution in [2.24, 2.45) is 0 Å². The monoisotopic (exact) mass is 426 g/mol. The van der Waals surface area contributed by atoms with Crippen LogP contribution >= 0.6 is 11.6 Å². The van der Waals surface area contributed by atoms with E-state index in [9.17, 15) is 13.2 Å². The highest BCUT2D eigenvalue weighted by Crippen LogP contribution is 2.30. The van der Waals surface area contributed by atoms with Crippen molar-refractivity contribution >= 4 is 38.9 Å². The van der Waals surface area contributed by atoms with Crippen molar-refractivity contribution < 1.29 is 22.7 Å². The molecular weight excluding hydrogens is 404 g/mol. The summed E-state index contributed by atoms with van der Waals surface area (Å²) in [6.45, 7) is 1.74. The lowest BCUT2D eigenvalue weighted by Crippen LogP contribution is -2.47. The molecule has 0 saturated heterocycles. The van der Waals surface area contributed by atoms with Crippen molar-refractivity contribution in [2.45, 2.75) is 19.4 Å². The van der Waals surface area contributed by atoms with E-state index in [0.29, 0.717) is 27.9 Å². The van der Waals surface area contributed by atoms with Crippen LogP contribution in [0.2, 0.25) is 5.02 Å². The Labute approximate surface area is 170 Å². The minimum absolute atomic E-state index is 0.273. The molecule has 9 heteroatoms. The van der Waals surface area contributed by atoms with Gasteiger partial charge in [-0.15, -0.1) is 0 Å². The molecule has 28 heavy (non-hydrogen) atoms. The standard InChI is InChI=1S/C19H23ClN2O5S/c1-5-16(22(28(4,24)25)15-9-6-13(20)7-10-15)19(23)21-14-8-11-17(26-2)18(12-14)27-3/h6-12,16H,5H2,1-4H3,(H,21,23). The number of sulfonamides is 1. The number of methoxy groups -OCH3 is 2. The van der Waals surface area contributed by atoms with Gasteiger partial charge in [0.05, 0.1) is 26.2 Å². The molecule has 0 aliphatic rings. The Morgan fingerprint density at radius 2 is 1.71 bits per heavy atom. The fourth-order valence-corrected chi connectivity index (χ4v) is 4.13. The lowest BCUT2D eigenvalue weighted by molar-refractivity contribution is -0.117. The van der Waals surface area contributed by atoms with Gasteiger partial charge in [0.1, 0.15) is 6.04 Å². The Hall–Kier alpha value is -2.45. The lowest BCUT2D eigenvalue weighted by Gasteiger charge is -2.30. The van der Waals surface area contributed by atoms with Crippen LogP contribution in [0.4, 0.5) is 11.4 Å². The molecule has 2 aromatic carbocycles. The fraction of sp³-hybridized carbons (Fsp3) is 0.316. The Balaban J connectivity index is 2.35. The fourth-order valence-electron chi connectivity index (χ4n) is 2.79. The van der Waals surface area contributed by atoms with Gasteiger partial charge in [-0.05, 0) is 42.8 Å². The van der Waals surface area contributed by atoms with E-state index < -0.39 is 22.0 Å². The summed E-state index contributed by atoms with van der Waals surface area (Å²) in [5.74, 6) is 0.507. The van der Waals surface area contributed by atoms with Crippen molar-refractivity contribution in [1.82, 2.24) is 0 Å². The van der Waals surface area contributed by atoms with Crippen LogP contribution in [-0.4, -0.2) is 40.8 Å². The van der Waals surface area contributed by atoms with Gasteiger partial charge in [-0.2, -0.15) is 0 Å². The minimum atomic E-state index is -3.72. The molecule has 1 unspecified atom stereocenters. The number of anilines is 2. The number of amides is 1. The predicted octanol–water partition coefficient (Wildman–Crippen LogP) is 3.54. The molecule has 7 nitrogen and oxygen atoms in total. The Morgan fingerprint density at radius 1 is 1.11 bits per heavy atom. The van der Waals surface area contributed by atoms with Crippen LogP contribution in [0.25, 0.3) is 0 Å². The van der Waals surface area contributed by atoms with Gasteiger partial charge in [-0.25, -0.2) is 8.42 Å². The first-order valence-corrected chi connectivity index (χ1v) is 10.7. The molecule has 2 rings (SSSR count). The number of halogens is 1. The number of rotatable bonds is 8. The Morgan fingerprint density at radius 3 is 2.21 bits per heavy atom. The van der Waals surface area contributed by atoms with Gasteiger partial charge in [0.15, 0.2) is 11.5 Å². The zero-order chi connectivity index (χ0) is 20.9. The third kappa shape index (κ3) is 5.08. The van der Waals surface area contributed by atoms with E-state index in [0.717, 1.165) is 10.6 Å². The van der Waals surface area contributed by atoms with Crippen molar-refractivity contribution in [3.05, 3.63) is 47.5 Å². The van der Waals surface area contributed by atoms with Gasteiger partial charge in [0.2, 0.25) is 15.9 Å². The van der Waals surface area contributed by atoms with Crippen molar-refractivity contribution in [3.8, 4) is 11.5 Å². The highest BCUT2D eigenvalue weighted by atomic mass is 35.5. The summed E-state index contributed by atoms with van der Waals surface area (Å²) in [5, 5.41) is 3.22. The average Bonchev–Trinajstić information content (AvgIpc) is 2.65. The van der Waals surface area contributed by atoms with Gasteiger partial charge < -0.3 is 14.8 Å². The number of hydrogen-bond donors (Lipinski definition) is 1. The Bertz CT molecular complexity index is 932. The molecule has 0 fully saturated rings. The summed E-state index contributed by atoms with van der Waals surface area (Å²) < 4.78 is 36.4. The molecule has 0 heterocycles. The van der Waals surface area contributed by atoms with Crippen LogP contribution < -0.4 is 19.1 Å². The molecule has 0 radical (unpaired) electrons. The molecule has 0 spiro atoms. The van der Waals surface area contributed by atoms with Crippen LogP contribution in [-0.2, 0) is 14.8 Å². The predicted molar refractivity (Wildman–Crippen MR) is 111 cm³/mol. The maximum absolute atomic E-state index is 12.9. The number of hydrogen-bond acceptors (Lipinski definition) is 5. The van der Waals surface area contributed by atoms with Gasteiger partial charge in [-0.3, -0.25) is 9.10 Å². The number of carbonyl (C=O) groups excluding carboxylic acids is 1. The van der Waals surface area contributed by atoms with Crippen LogP contribution in [0.5, 0.6) is 11.5 Å². The Kier molecular flexibility index (Phi) is 7.15. The largest absolute Gasteiger partial charge is 0.493 e. The number of nitrogens with zero attached hydrogens (tertiary/aromatic N) is 1. The lowest BCUT2D eigenvalue weighted by atomic mass is 10.1. The molecule has 2 aromatic rings. The quantitative estimate of drug-likeness (QED) is 0.697. The van der Waals surface area contributed by atoms with E-state index in [1.807, 2.05) is 0 Å². The summed E-state index contributed by atoms with van der Waals surface area (Å²) in [5.41, 5.74) is 0.826. The number of benzene rings is 2. The molecule has 0 saturated carbocycles. The first-order valence-electron chi connectivity index (χ1n) is 8.49. The van der Waals surface area contributed by atoms with Crippen molar-refractivity contribution in [3.63, 3.8) is 0 Å². The van der Waals surface area contributed by atoms with Crippen LogP contribution in [0.1, 0.15) is 13.3 Å². The SMILES string of the molecule is CCC(C(=O)Nc1ccc(OC)c(OC)c1)N(c1ccc(Cl)cc1)S(C)(=O)=O. The van der Waals surface area contributed by atoms with E-state index in [1.165, 1.54) is 14.2 Å². The molecule has 0 bridgehead atoms. The molecule has 1 N–H and O–H groups in total. The number of ether oxygens (including phenoxy) is 2. The van der Waals surface area contributed by atoms with E-state index in [1.54, 1.807) is 49.4 Å². The summed E-state index contributed by atoms with van der Waals surface area (Å²) in [4.78, 5) is 12.9. The van der Waals surface area contributed by atoms with Gasteiger partial charge >= 0.3 is 0 Å². The molecule has 152 valence electrons. The summed E-state index contributed by atoms with van der Waals surface area (Å²) in [6, 6.07) is 10.3. The van der Waals surface area contributed by atoms with Gasteiger partial charge in [-0.1, -0.05) is 18.5 Å². The summed E-state index contributed by atoms with van der Waals surface area (Å²) >= 11 is 5.90. The zero-order valence-electron chi connectivity index (χ0n) is 16.1. The molecule has 1 atom stereocenters. The van der Waals surface area contributed by atoms with Crippen LogP contribution in [0, 0.1) is 0 Å². The van der Waals surface area contributed by atoms with Crippen LogP contribution in [0.15, 0.2) is 42.5 Å². The van der Waals surface area contributed by atoms with E-state index in [4.69, 9.17) is 21.1 Å². The third-order valence-corrected chi connectivity index (χ3v) is 5.49. The zero-order valence-corrected chi connectivity index (χ0v) is 17.7. The highest BCUT2D eigenvalue weighted by molar-refractivity contribution is 7.92. The maximum Gasteiger partial charge on any atom is 0.248 e. The summed E-state index contributed by atoms with van der Waals surface area (Å²) in [7, 11) is -0.715. The van der Waals surface area contributed by atoms with E-state index in [2.05, 4.69) is 5.32 Å². The number of nitrogens with one attached hydrogen (secondary N) is 1. The minimum Gasteiger partial charge on any atom is -0.493 e. The van der Waals surface area contributed by atoms with E-state index >= 15 is 0 Å². The topological polar surface area (TPSA) is 84.9 Å². The third-order valence-electron chi connectivity index (χ3n) is 4.06. The smallest absolute Gasteiger partial charge is 0.248 e. The molecular formula is C19H23ClN2O5S. The van der Waals surface area contributed by atoms with Gasteiger partial charge in [0.25, 0.3) is 0 Å². The first kappa shape index (κ1) is 21.8. The second-order valence-electron chi connectivity index (χ2n) is 6.02. The van der Waals surface area contributed by atoms with Crippen molar-refractivity contribution in [1.29, 1.82) is 0 Å². The van der Waals surface area contributed by atoms with E-state index in [-0.39, 0.29) is 6.42 Å². The maximum atomic E-state index is 12.9. The van der Waals surface area contributed by atoms with Gasteiger partial charge in [0, 0.05) is 16.8 Å².